The quantitative estimate of drug-likeness (QED) is 0.552. The van der Waals surface area contributed by atoms with Crippen LogP contribution < -0.4 is 0 Å². The lowest BCUT2D eigenvalue weighted by molar-refractivity contribution is 0.179. The van der Waals surface area contributed by atoms with Gasteiger partial charge >= 0.3 is 0 Å². The normalized spacial score (nSPS) is 30.2. The van der Waals surface area contributed by atoms with Crippen molar-refractivity contribution in [3.63, 3.8) is 0 Å². The molecule has 23 heavy (non-hydrogen) atoms. The van der Waals surface area contributed by atoms with Gasteiger partial charge in [-0.3, -0.25) is 0 Å². The Hall–Kier alpha value is -1.44. The minimum atomic E-state index is 0.0799. The lowest BCUT2D eigenvalue weighted by Crippen LogP contribution is -2.39. The van der Waals surface area contributed by atoms with Crippen LogP contribution in [0.3, 0.4) is 0 Å². The number of aromatic hydroxyl groups is 2. The number of hydrogen-bond donors (Lipinski definition) is 2. The average molecular weight is 314 g/mol. The summed E-state index contributed by atoms with van der Waals surface area (Å²) in [5.74, 6) is 1.14. The highest BCUT2D eigenvalue weighted by molar-refractivity contribution is 5.42. The fourth-order valence-electron chi connectivity index (χ4n) is 4.90. The zero-order chi connectivity index (χ0) is 16.8. The minimum Gasteiger partial charge on any atom is -0.508 e. The summed E-state index contributed by atoms with van der Waals surface area (Å²) in [6.45, 7) is 9.51. The molecule has 0 spiro atoms. The monoisotopic (exact) mass is 314 g/mol. The Bertz CT molecular complexity index is 641. The van der Waals surface area contributed by atoms with E-state index in [1.54, 1.807) is 29.3 Å². The van der Waals surface area contributed by atoms with Crippen LogP contribution in [0.1, 0.15) is 65.4 Å². The summed E-state index contributed by atoms with van der Waals surface area (Å²) in [6.07, 6.45) is 7.00. The van der Waals surface area contributed by atoms with Crippen LogP contribution in [0.15, 0.2) is 29.3 Å². The third-order valence-electron chi connectivity index (χ3n) is 6.63. The zero-order valence-corrected chi connectivity index (χ0v) is 14.9. The molecule has 2 heteroatoms. The molecule has 2 nitrogen and oxygen atoms in total. The molecule has 126 valence electrons. The van der Waals surface area contributed by atoms with Crippen LogP contribution in [0, 0.1) is 16.7 Å². The largest absolute Gasteiger partial charge is 0.508 e. The molecule has 0 aliphatic heterocycles. The number of allylic oxidation sites excluding steroid dienone is 2. The van der Waals surface area contributed by atoms with Crippen molar-refractivity contribution in [2.24, 2.45) is 16.7 Å². The van der Waals surface area contributed by atoms with E-state index in [1.165, 1.54) is 32.1 Å². The van der Waals surface area contributed by atoms with Crippen LogP contribution in [-0.2, 0) is 6.42 Å². The second-order valence-electron chi connectivity index (χ2n) is 8.54. The van der Waals surface area contributed by atoms with E-state index in [-0.39, 0.29) is 11.2 Å². The molecule has 0 bridgehead atoms. The van der Waals surface area contributed by atoms with E-state index in [1.807, 2.05) is 0 Å². The molecule has 1 aromatic rings. The Labute approximate surface area is 140 Å². The van der Waals surface area contributed by atoms with Gasteiger partial charge in [-0.2, -0.15) is 0 Å². The van der Waals surface area contributed by atoms with Gasteiger partial charge in [-0.25, -0.2) is 0 Å². The first-order valence-electron chi connectivity index (χ1n) is 8.98. The summed E-state index contributed by atoms with van der Waals surface area (Å²) < 4.78 is 0. The third kappa shape index (κ3) is 2.77. The summed E-state index contributed by atoms with van der Waals surface area (Å²) in [7, 11) is 0. The standard InChI is InChI=1S/C21H30O2/c1-14-7-9-17-18(6-5-11-20(17,2)3)21(14,4)13-15-12-16(22)8-10-19(15)23/h8,10,12,14,22-23H,5-7,9,11,13H2,1-4H3/t14-,21+/m1/s1. The van der Waals surface area contributed by atoms with Gasteiger partial charge in [0, 0.05) is 0 Å². The molecule has 0 heterocycles. The second-order valence-corrected chi connectivity index (χ2v) is 8.54. The van der Waals surface area contributed by atoms with E-state index in [4.69, 9.17) is 0 Å². The van der Waals surface area contributed by atoms with Gasteiger partial charge in [0.2, 0.25) is 0 Å². The van der Waals surface area contributed by atoms with Crippen molar-refractivity contribution in [2.75, 3.05) is 0 Å². The first-order valence-corrected chi connectivity index (χ1v) is 8.98. The molecule has 0 fully saturated rings. The van der Waals surface area contributed by atoms with Crippen LogP contribution in [-0.4, -0.2) is 10.2 Å². The molecule has 2 atom stereocenters. The highest BCUT2D eigenvalue weighted by Gasteiger charge is 2.44. The molecule has 1 aromatic carbocycles. The zero-order valence-electron chi connectivity index (χ0n) is 14.9. The molecule has 0 unspecified atom stereocenters. The highest BCUT2D eigenvalue weighted by Crippen LogP contribution is 2.56. The van der Waals surface area contributed by atoms with Crippen molar-refractivity contribution in [2.45, 2.75) is 66.2 Å². The van der Waals surface area contributed by atoms with E-state index in [0.717, 1.165) is 12.0 Å². The first kappa shape index (κ1) is 16.4. The molecular formula is C21H30O2. The summed E-state index contributed by atoms with van der Waals surface area (Å²) >= 11 is 0. The summed E-state index contributed by atoms with van der Waals surface area (Å²) in [5.41, 5.74) is 4.57. The van der Waals surface area contributed by atoms with Crippen molar-refractivity contribution >= 4 is 0 Å². The predicted octanol–water partition coefficient (Wildman–Crippen LogP) is 5.58. The molecule has 2 N–H and O–H groups in total. The van der Waals surface area contributed by atoms with E-state index in [0.29, 0.717) is 17.1 Å². The Balaban J connectivity index is 2.05. The van der Waals surface area contributed by atoms with Gasteiger partial charge in [-0.15, -0.1) is 0 Å². The smallest absolute Gasteiger partial charge is 0.119 e. The van der Waals surface area contributed by atoms with E-state index in [9.17, 15) is 10.2 Å². The maximum Gasteiger partial charge on any atom is 0.119 e. The molecule has 2 aliphatic rings. The molecule has 0 saturated heterocycles. The van der Waals surface area contributed by atoms with Gasteiger partial charge < -0.3 is 10.2 Å². The van der Waals surface area contributed by atoms with Crippen molar-refractivity contribution in [3.8, 4) is 11.5 Å². The van der Waals surface area contributed by atoms with Gasteiger partial charge in [0.05, 0.1) is 0 Å². The average Bonchev–Trinajstić information content (AvgIpc) is 2.47. The fraction of sp³-hybridized carbons (Fsp3) is 0.619. The van der Waals surface area contributed by atoms with Gasteiger partial charge in [0.25, 0.3) is 0 Å². The summed E-state index contributed by atoms with van der Waals surface area (Å²) in [4.78, 5) is 0. The maximum atomic E-state index is 10.2. The maximum absolute atomic E-state index is 10.2. The topological polar surface area (TPSA) is 40.5 Å². The van der Waals surface area contributed by atoms with Gasteiger partial charge in [-0.1, -0.05) is 38.8 Å². The first-order chi connectivity index (χ1) is 10.7. The van der Waals surface area contributed by atoms with Crippen molar-refractivity contribution < 1.29 is 10.2 Å². The number of rotatable bonds is 2. The molecule has 0 aromatic heterocycles. The Kier molecular flexibility index (Phi) is 3.98. The SMILES string of the molecule is C[C@@H]1CCC2=C(CCCC2(C)C)[C@@]1(C)Cc1cc(O)ccc1O. The van der Waals surface area contributed by atoms with Crippen LogP contribution in [0.5, 0.6) is 11.5 Å². The number of benzene rings is 1. The van der Waals surface area contributed by atoms with Gasteiger partial charge in [-0.05, 0) is 79.0 Å². The van der Waals surface area contributed by atoms with Crippen molar-refractivity contribution in [3.05, 3.63) is 34.9 Å². The summed E-state index contributed by atoms with van der Waals surface area (Å²) in [6, 6.07) is 4.90. The van der Waals surface area contributed by atoms with E-state index >= 15 is 0 Å². The molecule has 3 rings (SSSR count). The number of phenolic OH excluding ortho intramolecular Hbond substituents is 2. The van der Waals surface area contributed by atoms with Gasteiger partial charge in [0.15, 0.2) is 0 Å². The molecule has 2 aliphatic carbocycles. The molecule has 0 radical (unpaired) electrons. The van der Waals surface area contributed by atoms with Crippen LogP contribution in [0.25, 0.3) is 0 Å². The number of hydrogen-bond acceptors (Lipinski definition) is 2. The fourth-order valence-corrected chi connectivity index (χ4v) is 4.90. The molecule has 0 amide bonds. The van der Waals surface area contributed by atoms with Gasteiger partial charge in [0.1, 0.15) is 11.5 Å². The Morgan fingerprint density at radius 2 is 1.83 bits per heavy atom. The van der Waals surface area contributed by atoms with Crippen molar-refractivity contribution in [1.29, 1.82) is 0 Å². The summed E-state index contributed by atoms with van der Waals surface area (Å²) in [5, 5.41) is 20.0. The van der Waals surface area contributed by atoms with E-state index in [2.05, 4.69) is 27.7 Å². The molecular weight excluding hydrogens is 284 g/mol. The predicted molar refractivity (Wildman–Crippen MR) is 94.6 cm³/mol. The highest BCUT2D eigenvalue weighted by atomic mass is 16.3. The van der Waals surface area contributed by atoms with Crippen LogP contribution >= 0.6 is 0 Å². The Morgan fingerprint density at radius 1 is 1.09 bits per heavy atom. The van der Waals surface area contributed by atoms with Crippen LogP contribution in [0.2, 0.25) is 0 Å². The third-order valence-corrected chi connectivity index (χ3v) is 6.63. The van der Waals surface area contributed by atoms with Crippen LogP contribution in [0.4, 0.5) is 0 Å². The second kappa shape index (κ2) is 5.58. The lowest BCUT2D eigenvalue weighted by atomic mass is 9.55. The van der Waals surface area contributed by atoms with Crippen molar-refractivity contribution in [1.82, 2.24) is 0 Å². The number of phenols is 2. The van der Waals surface area contributed by atoms with E-state index < -0.39 is 0 Å². The lowest BCUT2D eigenvalue weighted by Gasteiger charge is -2.50. The Morgan fingerprint density at radius 3 is 2.57 bits per heavy atom. The molecule has 0 saturated carbocycles. The minimum absolute atomic E-state index is 0.0799.